The highest BCUT2D eigenvalue weighted by Gasteiger charge is 2.24. The second-order valence-corrected chi connectivity index (χ2v) is 5.90. The summed E-state index contributed by atoms with van der Waals surface area (Å²) in [5.41, 5.74) is 6.18. The summed E-state index contributed by atoms with van der Waals surface area (Å²) in [4.78, 5) is 13.3. The van der Waals surface area contributed by atoms with Crippen LogP contribution in [-0.2, 0) is 11.3 Å². The predicted octanol–water partition coefficient (Wildman–Crippen LogP) is 2.09. The second kappa shape index (κ2) is 6.46. The lowest BCUT2D eigenvalue weighted by Crippen LogP contribution is -2.38. The summed E-state index contributed by atoms with van der Waals surface area (Å²) in [6.45, 7) is 2.21. The Morgan fingerprint density at radius 3 is 2.59 bits per heavy atom. The van der Waals surface area contributed by atoms with E-state index in [0.717, 1.165) is 31.5 Å². The SMILES string of the molecule is NC(=O)C1CCN(Cc2nnc(-c3ccc(Cl)cc3)o2)CC1. The average molecular weight is 321 g/mol. The largest absolute Gasteiger partial charge is 0.419 e. The topological polar surface area (TPSA) is 85.3 Å². The van der Waals surface area contributed by atoms with Gasteiger partial charge in [0.25, 0.3) is 0 Å². The Morgan fingerprint density at radius 2 is 1.95 bits per heavy atom. The lowest BCUT2D eigenvalue weighted by atomic mass is 9.96. The van der Waals surface area contributed by atoms with Crippen molar-refractivity contribution >= 4 is 17.5 Å². The number of nitrogens with zero attached hydrogens (tertiary/aromatic N) is 3. The minimum Gasteiger partial charge on any atom is -0.419 e. The summed E-state index contributed by atoms with van der Waals surface area (Å²) in [5, 5.41) is 8.81. The van der Waals surface area contributed by atoms with Crippen LogP contribution in [0.15, 0.2) is 28.7 Å². The number of amides is 1. The molecular formula is C15H17ClN4O2. The Kier molecular flexibility index (Phi) is 4.40. The summed E-state index contributed by atoms with van der Waals surface area (Å²) < 4.78 is 5.69. The Hall–Kier alpha value is -1.92. The maximum atomic E-state index is 11.2. The Bertz CT molecular complexity index is 648. The van der Waals surface area contributed by atoms with Gasteiger partial charge in [-0.3, -0.25) is 9.69 Å². The molecule has 1 aliphatic heterocycles. The van der Waals surface area contributed by atoms with Crippen molar-refractivity contribution in [2.75, 3.05) is 13.1 Å². The zero-order valence-corrected chi connectivity index (χ0v) is 12.8. The molecule has 2 N–H and O–H groups in total. The fraction of sp³-hybridized carbons (Fsp3) is 0.400. The monoisotopic (exact) mass is 320 g/mol. The standard InChI is InChI=1S/C15H17ClN4O2/c16-12-3-1-11(2-4-12)15-19-18-13(22-15)9-20-7-5-10(6-8-20)14(17)21/h1-4,10H,5-9H2,(H2,17,21). The quantitative estimate of drug-likeness (QED) is 0.932. The van der Waals surface area contributed by atoms with Crippen molar-refractivity contribution in [3.8, 4) is 11.5 Å². The molecule has 1 fully saturated rings. The highest BCUT2D eigenvalue weighted by molar-refractivity contribution is 6.30. The number of piperidine rings is 1. The molecule has 1 saturated heterocycles. The van der Waals surface area contributed by atoms with Crippen LogP contribution in [0.2, 0.25) is 5.02 Å². The fourth-order valence-corrected chi connectivity index (χ4v) is 2.72. The van der Waals surface area contributed by atoms with E-state index in [2.05, 4.69) is 15.1 Å². The van der Waals surface area contributed by atoms with Gasteiger partial charge in [0.1, 0.15) is 0 Å². The lowest BCUT2D eigenvalue weighted by molar-refractivity contribution is -0.123. The molecule has 0 unspecified atom stereocenters. The average Bonchev–Trinajstić information content (AvgIpc) is 2.97. The third-order valence-corrected chi connectivity index (χ3v) is 4.16. The zero-order chi connectivity index (χ0) is 15.5. The Morgan fingerprint density at radius 1 is 1.27 bits per heavy atom. The third kappa shape index (κ3) is 3.45. The molecule has 1 amide bonds. The Labute approximate surface area is 133 Å². The molecule has 0 aliphatic carbocycles. The number of rotatable bonds is 4. The van der Waals surface area contributed by atoms with Crippen LogP contribution in [0.1, 0.15) is 18.7 Å². The molecule has 0 atom stereocenters. The predicted molar refractivity (Wildman–Crippen MR) is 81.9 cm³/mol. The van der Waals surface area contributed by atoms with Crippen molar-refractivity contribution in [3.05, 3.63) is 35.2 Å². The van der Waals surface area contributed by atoms with Crippen molar-refractivity contribution in [2.24, 2.45) is 11.7 Å². The molecule has 1 aromatic carbocycles. The van der Waals surface area contributed by atoms with Crippen molar-refractivity contribution in [1.29, 1.82) is 0 Å². The van der Waals surface area contributed by atoms with Crippen molar-refractivity contribution < 1.29 is 9.21 Å². The highest BCUT2D eigenvalue weighted by Crippen LogP contribution is 2.22. The number of primary amides is 1. The van der Waals surface area contributed by atoms with Crippen LogP contribution in [-0.4, -0.2) is 34.1 Å². The van der Waals surface area contributed by atoms with Crippen molar-refractivity contribution in [2.45, 2.75) is 19.4 Å². The van der Waals surface area contributed by atoms with Gasteiger partial charge < -0.3 is 10.2 Å². The minimum atomic E-state index is -0.206. The fourth-order valence-electron chi connectivity index (χ4n) is 2.59. The molecule has 116 valence electrons. The molecule has 22 heavy (non-hydrogen) atoms. The number of hydrogen-bond acceptors (Lipinski definition) is 5. The van der Waals surface area contributed by atoms with Gasteiger partial charge in [-0.15, -0.1) is 10.2 Å². The molecule has 0 radical (unpaired) electrons. The van der Waals surface area contributed by atoms with Crippen LogP contribution in [0.4, 0.5) is 0 Å². The number of nitrogens with two attached hydrogens (primary N) is 1. The molecule has 0 saturated carbocycles. The van der Waals surface area contributed by atoms with E-state index in [-0.39, 0.29) is 11.8 Å². The van der Waals surface area contributed by atoms with Gasteiger partial charge in [-0.05, 0) is 50.2 Å². The smallest absolute Gasteiger partial charge is 0.247 e. The van der Waals surface area contributed by atoms with Gasteiger partial charge in [-0.25, -0.2) is 0 Å². The zero-order valence-electron chi connectivity index (χ0n) is 12.0. The van der Waals surface area contributed by atoms with E-state index in [1.165, 1.54) is 0 Å². The van der Waals surface area contributed by atoms with Crippen molar-refractivity contribution in [1.82, 2.24) is 15.1 Å². The molecule has 1 aromatic heterocycles. The van der Waals surface area contributed by atoms with E-state index < -0.39 is 0 Å². The second-order valence-electron chi connectivity index (χ2n) is 5.46. The maximum absolute atomic E-state index is 11.2. The lowest BCUT2D eigenvalue weighted by Gasteiger charge is -2.29. The number of halogens is 1. The number of carbonyl (C=O) groups excluding carboxylic acids is 1. The number of hydrogen-bond donors (Lipinski definition) is 1. The number of likely N-dealkylation sites (tertiary alicyclic amines) is 1. The van der Waals surface area contributed by atoms with Crippen LogP contribution in [0, 0.1) is 5.92 Å². The first-order chi connectivity index (χ1) is 10.6. The summed E-state index contributed by atoms with van der Waals surface area (Å²) in [6, 6.07) is 7.26. The van der Waals surface area contributed by atoms with Gasteiger partial charge in [0, 0.05) is 16.5 Å². The van der Waals surface area contributed by atoms with Gasteiger partial charge >= 0.3 is 0 Å². The highest BCUT2D eigenvalue weighted by atomic mass is 35.5. The number of aromatic nitrogens is 2. The van der Waals surface area contributed by atoms with E-state index in [4.69, 9.17) is 21.8 Å². The van der Waals surface area contributed by atoms with E-state index in [9.17, 15) is 4.79 Å². The number of benzene rings is 1. The molecule has 2 aromatic rings. The third-order valence-electron chi connectivity index (χ3n) is 3.91. The molecule has 6 nitrogen and oxygen atoms in total. The molecule has 1 aliphatic rings. The molecule has 0 bridgehead atoms. The normalized spacial score (nSPS) is 16.8. The van der Waals surface area contributed by atoms with Crippen LogP contribution in [0.25, 0.3) is 11.5 Å². The minimum absolute atomic E-state index is 0.0106. The van der Waals surface area contributed by atoms with Crippen LogP contribution in [0.3, 0.4) is 0 Å². The van der Waals surface area contributed by atoms with Gasteiger partial charge in [-0.1, -0.05) is 11.6 Å². The van der Waals surface area contributed by atoms with Crippen LogP contribution in [0.5, 0.6) is 0 Å². The summed E-state index contributed by atoms with van der Waals surface area (Å²) in [5.74, 6) is 0.840. The summed E-state index contributed by atoms with van der Waals surface area (Å²) >= 11 is 5.86. The first kappa shape index (κ1) is 15.0. The Balaban J connectivity index is 1.60. The van der Waals surface area contributed by atoms with Crippen molar-refractivity contribution in [3.63, 3.8) is 0 Å². The van der Waals surface area contributed by atoms with Crippen LogP contribution < -0.4 is 5.73 Å². The molecular weight excluding hydrogens is 304 g/mol. The molecule has 7 heteroatoms. The van der Waals surface area contributed by atoms with Gasteiger partial charge in [0.15, 0.2) is 0 Å². The van der Waals surface area contributed by atoms with E-state index in [1.54, 1.807) is 12.1 Å². The molecule has 0 spiro atoms. The van der Waals surface area contributed by atoms with Gasteiger partial charge in [0.2, 0.25) is 17.7 Å². The summed E-state index contributed by atoms with van der Waals surface area (Å²) in [6.07, 6.45) is 1.57. The van der Waals surface area contributed by atoms with Gasteiger partial charge in [0.05, 0.1) is 6.54 Å². The van der Waals surface area contributed by atoms with E-state index in [1.807, 2.05) is 12.1 Å². The van der Waals surface area contributed by atoms with E-state index in [0.29, 0.717) is 23.3 Å². The summed E-state index contributed by atoms with van der Waals surface area (Å²) in [7, 11) is 0. The van der Waals surface area contributed by atoms with Gasteiger partial charge in [-0.2, -0.15) is 0 Å². The molecule has 2 heterocycles. The van der Waals surface area contributed by atoms with E-state index >= 15 is 0 Å². The molecule has 3 rings (SSSR count). The maximum Gasteiger partial charge on any atom is 0.247 e. The van der Waals surface area contributed by atoms with Crippen LogP contribution >= 0.6 is 11.6 Å². The number of carbonyl (C=O) groups is 1. The first-order valence-corrected chi connectivity index (χ1v) is 7.59. The first-order valence-electron chi connectivity index (χ1n) is 7.22.